The van der Waals surface area contributed by atoms with Crippen molar-refractivity contribution in [1.29, 1.82) is 0 Å². The van der Waals surface area contributed by atoms with E-state index in [0.29, 0.717) is 34.6 Å². The van der Waals surface area contributed by atoms with E-state index in [1.54, 1.807) is 6.92 Å². The lowest BCUT2D eigenvalue weighted by Gasteiger charge is -2.33. The zero-order valence-electron chi connectivity index (χ0n) is 27.0. The van der Waals surface area contributed by atoms with Crippen LogP contribution in [0.2, 0.25) is 0 Å². The second-order valence-electron chi connectivity index (χ2n) is 13.3. The largest absolute Gasteiger partial charge is 0.462 e. The molecule has 3 aromatic rings. The summed E-state index contributed by atoms with van der Waals surface area (Å²) in [6, 6.07) is 7.91. The first kappa shape index (κ1) is 32.1. The highest BCUT2D eigenvalue weighted by Crippen LogP contribution is 2.44. The zero-order valence-corrected chi connectivity index (χ0v) is 27.9. The van der Waals surface area contributed by atoms with Crippen molar-refractivity contribution in [3.8, 4) is 0 Å². The van der Waals surface area contributed by atoms with Gasteiger partial charge in [0.25, 0.3) is 5.91 Å². The summed E-state index contributed by atoms with van der Waals surface area (Å²) < 4.78 is 11.4. The summed E-state index contributed by atoms with van der Waals surface area (Å²) in [6.07, 6.45) is 2.58. The maximum atomic E-state index is 14.0. The summed E-state index contributed by atoms with van der Waals surface area (Å²) in [5.74, 6) is -0.932. The molecule has 1 amide bonds. The molecule has 2 unspecified atom stereocenters. The average molecular weight is 620 g/mol. The lowest BCUT2D eigenvalue weighted by atomic mass is 9.72. The maximum Gasteiger partial charge on any atom is 0.341 e. The fraction of sp³-hybridized carbons (Fsp3) is 0.543. The molecule has 2 aliphatic rings. The van der Waals surface area contributed by atoms with Gasteiger partial charge in [0, 0.05) is 47.1 Å². The van der Waals surface area contributed by atoms with Crippen LogP contribution in [0.4, 0.5) is 5.00 Å². The molecule has 2 atom stereocenters. The van der Waals surface area contributed by atoms with Crippen LogP contribution < -0.4 is 5.32 Å². The number of carbonyl (C=O) groups excluding carboxylic acids is 3. The van der Waals surface area contributed by atoms with Gasteiger partial charge in [-0.05, 0) is 69.4 Å². The number of carbonyl (C=O) groups is 3. The predicted molar refractivity (Wildman–Crippen MR) is 174 cm³/mol. The van der Waals surface area contributed by atoms with E-state index in [1.807, 2.05) is 31.2 Å². The van der Waals surface area contributed by atoms with Gasteiger partial charge < -0.3 is 14.8 Å². The summed E-state index contributed by atoms with van der Waals surface area (Å²) in [6.45, 7) is 16.3. The lowest BCUT2D eigenvalue weighted by Crippen LogP contribution is -2.38. The molecule has 5 rings (SSSR count). The number of anilines is 1. The Kier molecular flexibility index (Phi) is 9.47. The van der Waals surface area contributed by atoms with Gasteiger partial charge in [0.15, 0.2) is 6.10 Å². The van der Waals surface area contributed by atoms with E-state index < -0.39 is 23.9 Å². The highest BCUT2D eigenvalue weighted by Gasteiger charge is 2.36. The Hall–Kier alpha value is -3.30. The Labute approximate surface area is 264 Å². The van der Waals surface area contributed by atoms with E-state index in [-0.39, 0.29) is 18.4 Å². The van der Waals surface area contributed by atoms with Crippen molar-refractivity contribution in [2.75, 3.05) is 18.5 Å². The first-order valence-corrected chi connectivity index (χ1v) is 16.7. The first-order valence-electron chi connectivity index (χ1n) is 15.9. The number of rotatable bonds is 8. The number of esters is 2. The van der Waals surface area contributed by atoms with Crippen LogP contribution in [-0.2, 0) is 40.1 Å². The van der Waals surface area contributed by atoms with Gasteiger partial charge in [0.2, 0.25) is 0 Å². The standard InChI is InChI=1S/C35H45N3O5S/c1-8-27(31(39)37-32-30(33(40)42-9-2)23-15-14-21(35(5,6)7)18-28(23)44-32)43-34(41)29-22-12-10-11-13-25(22)36-26-16-17-38(20(3)4)19-24(26)29/h10-13,20-21,27H,8-9,14-19H2,1-7H3,(H,37,39). The smallest absolute Gasteiger partial charge is 0.341 e. The molecule has 1 aliphatic carbocycles. The molecule has 1 N–H and O–H groups in total. The van der Waals surface area contributed by atoms with E-state index in [1.165, 1.54) is 11.3 Å². The molecule has 0 saturated heterocycles. The maximum absolute atomic E-state index is 14.0. The molecule has 0 bridgehead atoms. The van der Waals surface area contributed by atoms with Gasteiger partial charge in [0.05, 0.1) is 23.3 Å². The van der Waals surface area contributed by atoms with Crippen LogP contribution in [0.1, 0.15) is 104 Å². The summed E-state index contributed by atoms with van der Waals surface area (Å²) in [5, 5.41) is 4.17. The van der Waals surface area contributed by atoms with Crippen LogP contribution in [0.5, 0.6) is 0 Å². The van der Waals surface area contributed by atoms with Gasteiger partial charge in [0.1, 0.15) is 5.00 Å². The van der Waals surface area contributed by atoms with Crippen LogP contribution in [0, 0.1) is 11.3 Å². The predicted octanol–water partition coefficient (Wildman–Crippen LogP) is 6.96. The third-order valence-electron chi connectivity index (χ3n) is 9.13. The molecule has 3 heterocycles. The number of hydrogen-bond acceptors (Lipinski definition) is 8. The molecular weight excluding hydrogens is 574 g/mol. The van der Waals surface area contributed by atoms with Crippen LogP contribution in [0.15, 0.2) is 24.3 Å². The van der Waals surface area contributed by atoms with Crippen molar-refractivity contribution in [2.45, 2.75) is 99.3 Å². The molecule has 8 nitrogen and oxygen atoms in total. The number of amides is 1. The van der Waals surface area contributed by atoms with Gasteiger partial charge in [-0.1, -0.05) is 45.9 Å². The molecule has 1 aliphatic heterocycles. The Bertz CT molecular complexity index is 1570. The van der Waals surface area contributed by atoms with Gasteiger partial charge in [-0.25, -0.2) is 9.59 Å². The SMILES string of the molecule is CCOC(=O)c1c(NC(=O)C(CC)OC(=O)c2c3c(nc4ccccc24)CCN(C(C)C)C3)sc2c1CCC(C(C)(C)C)C2. The summed E-state index contributed by atoms with van der Waals surface area (Å²) in [5.41, 5.74) is 4.55. The molecular formula is C35H45N3O5S. The molecule has 236 valence electrons. The average Bonchev–Trinajstić information content (AvgIpc) is 3.34. The number of nitrogens with one attached hydrogen (secondary N) is 1. The number of ether oxygens (including phenoxy) is 2. The number of fused-ring (bicyclic) bond motifs is 3. The lowest BCUT2D eigenvalue weighted by molar-refractivity contribution is -0.124. The van der Waals surface area contributed by atoms with E-state index in [4.69, 9.17) is 14.5 Å². The number of thiophene rings is 1. The number of nitrogens with zero attached hydrogens (tertiary/aromatic N) is 2. The highest BCUT2D eigenvalue weighted by atomic mass is 32.1. The Morgan fingerprint density at radius 2 is 1.82 bits per heavy atom. The van der Waals surface area contributed by atoms with Crippen LogP contribution in [0.25, 0.3) is 10.9 Å². The van der Waals surface area contributed by atoms with Gasteiger partial charge in [-0.15, -0.1) is 11.3 Å². The van der Waals surface area contributed by atoms with Gasteiger partial charge >= 0.3 is 11.9 Å². The molecule has 0 radical (unpaired) electrons. The number of pyridine rings is 1. The van der Waals surface area contributed by atoms with E-state index >= 15 is 0 Å². The molecule has 44 heavy (non-hydrogen) atoms. The molecule has 9 heteroatoms. The van der Waals surface area contributed by atoms with E-state index in [2.05, 4.69) is 44.8 Å². The monoisotopic (exact) mass is 619 g/mol. The van der Waals surface area contributed by atoms with E-state index in [0.717, 1.165) is 64.8 Å². The summed E-state index contributed by atoms with van der Waals surface area (Å²) in [7, 11) is 0. The zero-order chi connectivity index (χ0) is 31.8. The van der Waals surface area contributed by atoms with Gasteiger partial charge in [-0.3, -0.25) is 14.7 Å². The third-order valence-corrected chi connectivity index (χ3v) is 10.3. The van der Waals surface area contributed by atoms with Crippen molar-refractivity contribution < 1.29 is 23.9 Å². The second-order valence-corrected chi connectivity index (χ2v) is 14.4. The quantitative estimate of drug-likeness (QED) is 0.272. The molecule has 1 aromatic carbocycles. The first-order chi connectivity index (χ1) is 20.9. The molecule has 0 saturated carbocycles. The van der Waals surface area contributed by atoms with Crippen molar-refractivity contribution in [3.63, 3.8) is 0 Å². The molecule has 0 fully saturated rings. The topological polar surface area (TPSA) is 97.8 Å². The Morgan fingerprint density at radius 3 is 2.50 bits per heavy atom. The van der Waals surface area contributed by atoms with Crippen LogP contribution in [-0.4, -0.2) is 53.0 Å². The van der Waals surface area contributed by atoms with Crippen molar-refractivity contribution in [1.82, 2.24) is 9.88 Å². The fourth-order valence-electron chi connectivity index (χ4n) is 6.42. The van der Waals surface area contributed by atoms with E-state index in [9.17, 15) is 14.4 Å². The van der Waals surface area contributed by atoms with Gasteiger partial charge in [-0.2, -0.15) is 0 Å². The minimum atomic E-state index is -1.04. The summed E-state index contributed by atoms with van der Waals surface area (Å²) >= 11 is 1.44. The van der Waals surface area contributed by atoms with Crippen molar-refractivity contribution in [2.24, 2.45) is 11.3 Å². The van der Waals surface area contributed by atoms with Crippen LogP contribution in [0.3, 0.4) is 0 Å². The highest BCUT2D eigenvalue weighted by molar-refractivity contribution is 7.17. The second kappa shape index (κ2) is 13.0. The minimum absolute atomic E-state index is 0.138. The van der Waals surface area contributed by atoms with Crippen molar-refractivity contribution >= 4 is 45.1 Å². The molecule has 2 aromatic heterocycles. The third kappa shape index (κ3) is 6.40. The molecule has 0 spiro atoms. The normalized spacial score (nSPS) is 17.6. The van der Waals surface area contributed by atoms with Crippen LogP contribution >= 0.6 is 11.3 Å². The fourth-order valence-corrected chi connectivity index (χ4v) is 7.74. The van der Waals surface area contributed by atoms with Crippen molar-refractivity contribution in [3.05, 3.63) is 57.1 Å². The number of hydrogen-bond donors (Lipinski definition) is 1. The number of benzene rings is 1. The Balaban J connectivity index is 1.43. The number of aromatic nitrogens is 1. The number of para-hydroxylation sites is 1. The minimum Gasteiger partial charge on any atom is -0.462 e. The Morgan fingerprint density at radius 1 is 1.07 bits per heavy atom. The summed E-state index contributed by atoms with van der Waals surface area (Å²) in [4.78, 5) is 49.1.